The molecule has 0 aliphatic carbocycles. The average molecular weight is 294 g/mol. The molecule has 5 nitrogen and oxygen atoms in total. The van der Waals surface area contributed by atoms with E-state index in [0.29, 0.717) is 5.56 Å². The molecule has 22 heavy (non-hydrogen) atoms. The fourth-order valence-corrected chi connectivity index (χ4v) is 1.89. The van der Waals surface area contributed by atoms with Crippen LogP contribution in [0, 0.1) is 11.3 Å². The van der Waals surface area contributed by atoms with Gasteiger partial charge in [0.05, 0.1) is 18.2 Å². The van der Waals surface area contributed by atoms with Gasteiger partial charge < -0.3 is 15.5 Å². The molecule has 0 aliphatic rings. The van der Waals surface area contributed by atoms with Gasteiger partial charge in [-0.1, -0.05) is 0 Å². The topological polar surface area (TPSA) is 68.2 Å². The van der Waals surface area contributed by atoms with Crippen molar-refractivity contribution in [3.05, 3.63) is 54.1 Å². The van der Waals surface area contributed by atoms with Gasteiger partial charge >= 0.3 is 0 Å². The van der Waals surface area contributed by atoms with Crippen LogP contribution >= 0.6 is 0 Å². The molecule has 0 radical (unpaired) electrons. The lowest BCUT2D eigenvalue weighted by molar-refractivity contribution is -0.114. The third-order valence-electron chi connectivity index (χ3n) is 3.13. The molecule has 2 N–H and O–H groups in total. The Morgan fingerprint density at radius 1 is 1.05 bits per heavy atom. The minimum Gasteiger partial charge on any atom is -0.378 e. The first-order valence-corrected chi connectivity index (χ1v) is 6.90. The quantitative estimate of drug-likeness (QED) is 0.889. The lowest BCUT2D eigenvalue weighted by atomic mass is 10.2. The SMILES string of the molecule is CN(C)c1ccc(NC(=O)CNc2ccc(C#N)cc2)cc1. The van der Waals surface area contributed by atoms with Crippen molar-refractivity contribution in [1.29, 1.82) is 5.26 Å². The fourth-order valence-electron chi connectivity index (χ4n) is 1.89. The van der Waals surface area contributed by atoms with Crippen LogP contribution < -0.4 is 15.5 Å². The van der Waals surface area contributed by atoms with E-state index in [2.05, 4.69) is 16.7 Å². The van der Waals surface area contributed by atoms with Crippen LogP contribution in [0.4, 0.5) is 17.1 Å². The molecule has 0 atom stereocenters. The number of anilines is 3. The Kier molecular flexibility index (Phi) is 4.99. The molecule has 0 aromatic heterocycles. The summed E-state index contributed by atoms with van der Waals surface area (Å²) < 4.78 is 0. The van der Waals surface area contributed by atoms with Crippen molar-refractivity contribution in [2.75, 3.05) is 36.2 Å². The van der Waals surface area contributed by atoms with Gasteiger partial charge in [-0.25, -0.2) is 0 Å². The first-order valence-electron chi connectivity index (χ1n) is 6.90. The average Bonchev–Trinajstić information content (AvgIpc) is 2.54. The second-order valence-electron chi connectivity index (χ2n) is 5.03. The summed E-state index contributed by atoms with van der Waals surface area (Å²) in [7, 11) is 3.93. The van der Waals surface area contributed by atoms with E-state index in [1.165, 1.54) is 0 Å². The molecule has 0 spiro atoms. The van der Waals surface area contributed by atoms with Crippen LogP contribution in [0.25, 0.3) is 0 Å². The molecule has 2 aromatic rings. The maximum atomic E-state index is 11.9. The van der Waals surface area contributed by atoms with Crippen molar-refractivity contribution in [3.63, 3.8) is 0 Å². The summed E-state index contributed by atoms with van der Waals surface area (Å²) in [6.07, 6.45) is 0. The Labute approximate surface area is 130 Å². The summed E-state index contributed by atoms with van der Waals surface area (Å²) in [4.78, 5) is 13.9. The van der Waals surface area contributed by atoms with Gasteiger partial charge in [-0.2, -0.15) is 5.26 Å². The second-order valence-corrected chi connectivity index (χ2v) is 5.03. The van der Waals surface area contributed by atoms with Gasteiger partial charge in [-0.05, 0) is 48.5 Å². The van der Waals surface area contributed by atoms with Crippen molar-refractivity contribution in [1.82, 2.24) is 0 Å². The summed E-state index contributed by atoms with van der Waals surface area (Å²) in [6.45, 7) is 0.168. The van der Waals surface area contributed by atoms with Crippen LogP contribution in [0.1, 0.15) is 5.56 Å². The number of carbonyl (C=O) groups is 1. The molecule has 112 valence electrons. The monoisotopic (exact) mass is 294 g/mol. The van der Waals surface area contributed by atoms with Crippen LogP contribution in [0.3, 0.4) is 0 Å². The Bertz CT molecular complexity index is 669. The number of benzene rings is 2. The summed E-state index contributed by atoms with van der Waals surface area (Å²) in [5.74, 6) is -0.123. The largest absolute Gasteiger partial charge is 0.378 e. The number of nitriles is 1. The van der Waals surface area contributed by atoms with Crippen LogP contribution in [0.2, 0.25) is 0 Å². The van der Waals surface area contributed by atoms with Gasteiger partial charge in [0.25, 0.3) is 0 Å². The summed E-state index contributed by atoms with van der Waals surface area (Å²) in [5.41, 5.74) is 3.24. The molecule has 0 saturated heterocycles. The highest BCUT2D eigenvalue weighted by molar-refractivity contribution is 5.93. The van der Waals surface area contributed by atoms with Crippen molar-refractivity contribution >= 4 is 23.0 Å². The number of carbonyl (C=O) groups excluding carboxylic acids is 1. The minimum absolute atomic E-state index is 0.123. The molecule has 0 bridgehead atoms. The van der Waals surface area contributed by atoms with Crippen molar-refractivity contribution in [2.24, 2.45) is 0 Å². The molecule has 1 amide bonds. The van der Waals surface area contributed by atoms with E-state index in [1.807, 2.05) is 43.3 Å². The predicted octanol–water partition coefficient (Wildman–Crippen LogP) is 2.67. The van der Waals surface area contributed by atoms with Crippen LogP contribution in [-0.2, 0) is 4.79 Å². The van der Waals surface area contributed by atoms with Gasteiger partial charge in [0, 0.05) is 31.2 Å². The zero-order chi connectivity index (χ0) is 15.9. The van der Waals surface area contributed by atoms with Crippen LogP contribution in [0.5, 0.6) is 0 Å². The van der Waals surface area contributed by atoms with Crippen LogP contribution in [-0.4, -0.2) is 26.5 Å². The normalized spacial score (nSPS) is 9.68. The summed E-state index contributed by atoms with van der Waals surface area (Å²) in [5, 5.41) is 14.6. The smallest absolute Gasteiger partial charge is 0.243 e. The minimum atomic E-state index is -0.123. The van der Waals surface area contributed by atoms with Gasteiger partial charge in [0.2, 0.25) is 5.91 Å². The number of amides is 1. The van der Waals surface area contributed by atoms with Crippen molar-refractivity contribution in [2.45, 2.75) is 0 Å². The Balaban J connectivity index is 1.85. The maximum Gasteiger partial charge on any atom is 0.243 e. The standard InChI is InChI=1S/C17H18N4O/c1-21(2)16-9-7-15(8-10-16)20-17(22)12-19-14-5-3-13(11-18)4-6-14/h3-10,19H,12H2,1-2H3,(H,20,22). The van der Waals surface area contributed by atoms with E-state index >= 15 is 0 Å². The zero-order valence-electron chi connectivity index (χ0n) is 12.6. The van der Waals surface area contributed by atoms with Crippen molar-refractivity contribution < 1.29 is 4.79 Å². The number of hydrogen-bond donors (Lipinski definition) is 2. The maximum absolute atomic E-state index is 11.9. The van der Waals surface area contributed by atoms with E-state index in [1.54, 1.807) is 24.3 Å². The fraction of sp³-hybridized carbons (Fsp3) is 0.176. The van der Waals surface area contributed by atoms with E-state index in [0.717, 1.165) is 17.1 Å². The molecule has 0 saturated carbocycles. The molecule has 0 unspecified atom stereocenters. The van der Waals surface area contributed by atoms with Gasteiger partial charge in [-0.3, -0.25) is 4.79 Å². The molecule has 2 rings (SSSR count). The van der Waals surface area contributed by atoms with Crippen LogP contribution in [0.15, 0.2) is 48.5 Å². The van der Waals surface area contributed by atoms with E-state index in [-0.39, 0.29) is 12.5 Å². The number of nitrogens with zero attached hydrogens (tertiary/aromatic N) is 2. The lowest BCUT2D eigenvalue weighted by Crippen LogP contribution is -2.21. The second kappa shape index (κ2) is 7.14. The highest BCUT2D eigenvalue weighted by Gasteiger charge is 2.03. The molecular formula is C17H18N4O. The molecule has 0 heterocycles. The Morgan fingerprint density at radius 3 is 2.18 bits per heavy atom. The first kappa shape index (κ1) is 15.4. The van der Waals surface area contributed by atoms with Gasteiger partial charge in [-0.15, -0.1) is 0 Å². The third-order valence-corrected chi connectivity index (χ3v) is 3.13. The van der Waals surface area contributed by atoms with Gasteiger partial charge in [0.1, 0.15) is 0 Å². The summed E-state index contributed by atoms with van der Waals surface area (Å²) >= 11 is 0. The molecular weight excluding hydrogens is 276 g/mol. The highest BCUT2D eigenvalue weighted by Crippen LogP contribution is 2.15. The molecule has 0 aliphatic heterocycles. The highest BCUT2D eigenvalue weighted by atomic mass is 16.1. The molecule has 5 heteroatoms. The predicted molar refractivity (Wildman–Crippen MR) is 89.0 cm³/mol. The van der Waals surface area contributed by atoms with E-state index < -0.39 is 0 Å². The Hall–Kier alpha value is -3.00. The number of nitrogens with one attached hydrogen (secondary N) is 2. The lowest BCUT2D eigenvalue weighted by Gasteiger charge is -2.13. The zero-order valence-corrected chi connectivity index (χ0v) is 12.6. The third kappa shape index (κ3) is 4.25. The Morgan fingerprint density at radius 2 is 1.64 bits per heavy atom. The number of hydrogen-bond acceptors (Lipinski definition) is 4. The molecule has 0 fully saturated rings. The van der Waals surface area contributed by atoms with E-state index in [4.69, 9.17) is 5.26 Å². The van der Waals surface area contributed by atoms with Crippen molar-refractivity contribution in [3.8, 4) is 6.07 Å². The number of rotatable bonds is 5. The summed E-state index contributed by atoms with van der Waals surface area (Å²) in [6, 6.07) is 16.7. The van der Waals surface area contributed by atoms with E-state index in [9.17, 15) is 4.79 Å². The molecule has 2 aromatic carbocycles. The van der Waals surface area contributed by atoms with Gasteiger partial charge in [0.15, 0.2) is 0 Å². The first-order chi connectivity index (χ1) is 10.6.